The van der Waals surface area contributed by atoms with Crippen molar-refractivity contribution in [1.29, 1.82) is 0 Å². The number of hydrogen-bond donors (Lipinski definition) is 0. The van der Waals surface area contributed by atoms with E-state index in [-0.39, 0.29) is 33.7 Å². The predicted octanol–water partition coefficient (Wildman–Crippen LogP) is 12.3. The van der Waals surface area contributed by atoms with Gasteiger partial charge in [0.05, 0.1) is 17.1 Å². The molecule has 63 heavy (non-hydrogen) atoms. The molecule has 10 heteroatoms. The van der Waals surface area contributed by atoms with Crippen LogP contribution >= 0.6 is 0 Å². The monoisotopic (exact) mass is 892 g/mol. The molecule has 0 fully saturated rings. The first kappa shape index (κ1) is 48.7. The average molecular weight is 894 g/mol. The van der Waals surface area contributed by atoms with Gasteiger partial charge in [-0.15, -0.1) is 0 Å². The van der Waals surface area contributed by atoms with Crippen molar-refractivity contribution < 1.29 is 26.7 Å². The number of Topliss-reactive ketones (excluding diaryl/α,β-unsaturated/α-hetero) is 1. The van der Waals surface area contributed by atoms with E-state index in [1.165, 1.54) is 22.8 Å². The van der Waals surface area contributed by atoms with Crippen LogP contribution in [-0.4, -0.2) is 47.8 Å². The summed E-state index contributed by atoms with van der Waals surface area (Å²) in [6.07, 6.45) is 3.35. The Balaban J connectivity index is 0.000000373. The van der Waals surface area contributed by atoms with E-state index in [1.54, 1.807) is 0 Å². The molecule has 0 N–H and O–H groups in total. The van der Waals surface area contributed by atoms with Crippen LogP contribution in [0.3, 0.4) is 0 Å². The molecular formula is C53H66BCuN6O2. The maximum Gasteiger partial charge on any atom is 1.00 e. The van der Waals surface area contributed by atoms with Crippen molar-refractivity contribution in [3.8, 4) is 33.8 Å². The van der Waals surface area contributed by atoms with Gasteiger partial charge in [-0.2, -0.15) is 0 Å². The van der Waals surface area contributed by atoms with Gasteiger partial charge in [0.1, 0.15) is 0 Å². The van der Waals surface area contributed by atoms with Gasteiger partial charge in [0, 0.05) is 22.3 Å². The average Bonchev–Trinajstić information content (AvgIpc) is 3.91. The van der Waals surface area contributed by atoms with Crippen molar-refractivity contribution in [3.63, 3.8) is 0 Å². The first-order chi connectivity index (χ1) is 29.0. The zero-order chi connectivity index (χ0) is 45.4. The van der Waals surface area contributed by atoms with Crippen molar-refractivity contribution in [1.82, 2.24) is 29.1 Å². The zero-order valence-corrected chi connectivity index (χ0v) is 41.0. The van der Waals surface area contributed by atoms with Crippen LogP contribution in [0.2, 0.25) is 0 Å². The van der Waals surface area contributed by atoms with Crippen molar-refractivity contribution in [2.24, 2.45) is 10.8 Å². The van der Waals surface area contributed by atoms with Gasteiger partial charge in [0.25, 0.3) is 0 Å². The molecule has 0 saturated carbocycles. The topological polar surface area (TPSA) is 87.6 Å². The molecule has 0 radical (unpaired) electrons. The summed E-state index contributed by atoms with van der Waals surface area (Å²) in [6.45, 7) is 31.7. The maximum atomic E-state index is 11.8. The summed E-state index contributed by atoms with van der Waals surface area (Å²) in [6, 6.07) is 32.9. The minimum atomic E-state index is -1.61. The summed E-state index contributed by atoms with van der Waals surface area (Å²) in [7, 11) is -1.61. The Morgan fingerprint density at radius 1 is 0.476 bits per heavy atom. The molecule has 0 spiro atoms. The number of rotatable bonds is 9. The second-order valence-corrected chi connectivity index (χ2v) is 20.1. The Hall–Kier alpha value is -5.31. The van der Waals surface area contributed by atoms with E-state index in [0.29, 0.717) is 23.3 Å². The zero-order valence-electron chi connectivity index (χ0n) is 40.1. The fourth-order valence-corrected chi connectivity index (χ4v) is 7.90. The third-order valence-electron chi connectivity index (χ3n) is 12.1. The SMILES string of the molecule is CC(C)(C)C1=CC(=O)C(=O)C(C(C)(C)C)=C1.Cc1cc(-c2ccc(C(C)C)cc2)nn1[BH-](n1nc(-c2ccc(C(C)C)cc2)cc1C)n1nc(-c2ccc(C(C)C)cc2)cc1C.[Cu+]. The molecule has 7 rings (SSSR count). The van der Waals surface area contributed by atoms with Crippen LogP contribution in [0.15, 0.2) is 114 Å². The van der Waals surface area contributed by atoms with Crippen molar-refractivity contribution >= 4 is 18.7 Å². The third-order valence-corrected chi connectivity index (χ3v) is 12.1. The van der Waals surface area contributed by atoms with Crippen LogP contribution in [0.5, 0.6) is 0 Å². The molecule has 1 aliphatic carbocycles. The Morgan fingerprint density at radius 2 is 0.778 bits per heavy atom. The number of aryl methyl sites for hydroxylation is 3. The smallest absolute Gasteiger partial charge is 0.400 e. The summed E-state index contributed by atoms with van der Waals surface area (Å²) in [5.41, 5.74) is 14.5. The Labute approximate surface area is 386 Å². The molecule has 1 aliphatic rings. The number of carbonyl (C=O) groups is 2. The van der Waals surface area contributed by atoms with E-state index < -0.39 is 12.9 Å². The van der Waals surface area contributed by atoms with E-state index in [2.05, 4.69) is 167 Å². The minimum absolute atomic E-state index is 0. The summed E-state index contributed by atoms with van der Waals surface area (Å²) in [5.74, 6) is 0.704. The Morgan fingerprint density at radius 3 is 1.03 bits per heavy atom. The molecule has 0 amide bonds. The molecule has 0 unspecified atom stereocenters. The van der Waals surface area contributed by atoms with Gasteiger partial charge >= 0.3 is 24.2 Å². The van der Waals surface area contributed by atoms with Crippen LogP contribution in [0.1, 0.15) is 135 Å². The molecule has 3 aromatic heterocycles. The van der Waals surface area contributed by atoms with E-state index in [0.717, 1.165) is 56.4 Å². The Kier molecular flexibility index (Phi) is 14.9. The summed E-state index contributed by atoms with van der Waals surface area (Å²) >= 11 is 0. The van der Waals surface area contributed by atoms with Crippen LogP contribution in [0.4, 0.5) is 0 Å². The van der Waals surface area contributed by atoms with Crippen LogP contribution in [0.25, 0.3) is 33.8 Å². The van der Waals surface area contributed by atoms with Gasteiger partial charge in [0.2, 0.25) is 11.6 Å². The molecule has 0 bridgehead atoms. The largest absolute Gasteiger partial charge is 1.00 e. The molecule has 0 saturated heterocycles. The number of hydrogen-bond acceptors (Lipinski definition) is 5. The number of allylic oxidation sites excluding steroid dienone is 4. The summed E-state index contributed by atoms with van der Waals surface area (Å²) in [4.78, 5) is 23.4. The molecule has 0 aliphatic heterocycles. The third kappa shape index (κ3) is 10.9. The van der Waals surface area contributed by atoms with Crippen molar-refractivity contribution in [2.75, 3.05) is 0 Å². The van der Waals surface area contributed by atoms with E-state index >= 15 is 0 Å². The quantitative estimate of drug-likeness (QED) is 0.0820. The van der Waals surface area contributed by atoms with Crippen LogP contribution in [-0.2, 0) is 26.7 Å². The number of benzene rings is 3. The van der Waals surface area contributed by atoms with Gasteiger partial charge in [-0.1, -0.05) is 162 Å². The molecule has 8 nitrogen and oxygen atoms in total. The van der Waals surface area contributed by atoms with Gasteiger partial charge in [-0.25, -0.2) is 15.3 Å². The second kappa shape index (κ2) is 19.2. The second-order valence-electron chi connectivity index (χ2n) is 20.1. The number of ketones is 2. The van der Waals surface area contributed by atoms with E-state index in [4.69, 9.17) is 15.3 Å². The molecule has 0 atom stereocenters. The predicted molar refractivity (Wildman–Crippen MR) is 258 cm³/mol. The van der Waals surface area contributed by atoms with Gasteiger partial charge in [0.15, 0.2) is 0 Å². The number of aromatic nitrogens is 6. The first-order valence-electron chi connectivity index (χ1n) is 22.2. The van der Waals surface area contributed by atoms with Gasteiger partial charge in [-0.05, 0) is 113 Å². The van der Waals surface area contributed by atoms with E-state index in [9.17, 15) is 9.59 Å². The fourth-order valence-electron chi connectivity index (χ4n) is 7.90. The number of nitrogens with zero attached hydrogens (tertiary/aromatic N) is 6. The van der Waals surface area contributed by atoms with Crippen LogP contribution < -0.4 is 0 Å². The summed E-state index contributed by atoms with van der Waals surface area (Å²) in [5, 5.41) is 15.7. The molecule has 3 aromatic carbocycles. The van der Waals surface area contributed by atoms with E-state index in [1.807, 2.05) is 47.6 Å². The Bertz CT molecular complexity index is 2400. The molecule has 334 valence electrons. The van der Waals surface area contributed by atoms with Crippen molar-refractivity contribution in [3.05, 3.63) is 148 Å². The van der Waals surface area contributed by atoms with Gasteiger partial charge < -0.3 is 13.8 Å². The van der Waals surface area contributed by atoms with Gasteiger partial charge in [-0.3, -0.25) is 9.59 Å². The van der Waals surface area contributed by atoms with Crippen molar-refractivity contribution in [2.45, 2.75) is 122 Å². The van der Waals surface area contributed by atoms with Crippen LogP contribution in [0, 0.1) is 31.6 Å². The fraction of sp³-hybridized carbons (Fsp3) is 0.377. The standard InChI is InChI=1S/C39H46BN6.C14H20O2.Cu/c1-25(2)31-10-16-34(17-11-31)37-22-28(7)44(41-37)40(45-29(8)23-38(42-45)35-18-12-32(13-19-35)26(3)4)46-30(9)24-39(43-46)36-20-14-33(15-21-36)27(5)6;1-13(2,3)9-7-10(14(4,5)6)12(16)11(15)8-9;/h10-27,40H,1-9H3;7-8H,1-6H3;/q-1;;+1. The normalized spacial score (nSPS) is 13.4. The summed E-state index contributed by atoms with van der Waals surface area (Å²) < 4.78 is 6.43. The maximum absolute atomic E-state index is 11.8. The molecule has 3 heterocycles. The first-order valence-corrected chi connectivity index (χ1v) is 22.2. The molecular weight excluding hydrogens is 827 g/mol. The molecule has 6 aromatic rings. The minimum Gasteiger partial charge on any atom is -0.400 e. The number of carbonyl (C=O) groups excluding carboxylic acids is 2.